The Balaban J connectivity index is 1.74. The summed E-state index contributed by atoms with van der Waals surface area (Å²) in [4.78, 5) is 2.57. The van der Waals surface area contributed by atoms with Crippen LogP contribution in [0, 0.1) is 0 Å². The predicted molar refractivity (Wildman–Crippen MR) is 94.2 cm³/mol. The van der Waals surface area contributed by atoms with E-state index < -0.39 is 0 Å². The van der Waals surface area contributed by atoms with Crippen molar-refractivity contribution < 1.29 is 0 Å². The zero-order valence-corrected chi connectivity index (χ0v) is 13.6. The van der Waals surface area contributed by atoms with Crippen molar-refractivity contribution in [2.24, 2.45) is 0 Å². The van der Waals surface area contributed by atoms with Crippen LogP contribution in [0.2, 0.25) is 0 Å². The number of nitrogens with zero attached hydrogens (tertiary/aromatic N) is 1. The Kier molecular flexibility index (Phi) is 5.29. The summed E-state index contributed by atoms with van der Waals surface area (Å²) in [6, 6.07) is 22.8. The van der Waals surface area contributed by atoms with Crippen LogP contribution < -0.4 is 0 Å². The van der Waals surface area contributed by atoms with Crippen LogP contribution in [0.3, 0.4) is 0 Å². The number of piperidine rings is 1. The lowest BCUT2D eigenvalue weighted by Gasteiger charge is -2.33. The first-order valence-electron chi connectivity index (χ1n) is 8.65. The van der Waals surface area contributed by atoms with E-state index in [-0.39, 0.29) is 0 Å². The van der Waals surface area contributed by atoms with Crippen LogP contribution >= 0.6 is 0 Å². The lowest BCUT2D eigenvalue weighted by atomic mass is 9.85. The molecule has 0 aliphatic carbocycles. The summed E-state index contributed by atoms with van der Waals surface area (Å²) >= 11 is 0. The van der Waals surface area contributed by atoms with E-state index in [0.717, 1.165) is 6.04 Å². The monoisotopic (exact) mass is 293 g/mol. The van der Waals surface area contributed by atoms with Crippen LogP contribution in [0.5, 0.6) is 0 Å². The van der Waals surface area contributed by atoms with Crippen LogP contribution in [0.1, 0.15) is 49.1 Å². The average Bonchev–Trinajstić information content (AvgIpc) is 2.59. The van der Waals surface area contributed by atoms with Gasteiger partial charge in [0.2, 0.25) is 0 Å². The Morgan fingerprint density at radius 2 is 1.50 bits per heavy atom. The van der Waals surface area contributed by atoms with Crippen molar-refractivity contribution in [2.45, 2.75) is 44.1 Å². The van der Waals surface area contributed by atoms with Gasteiger partial charge in [-0.2, -0.15) is 0 Å². The molecule has 1 aliphatic heterocycles. The third kappa shape index (κ3) is 3.78. The minimum Gasteiger partial charge on any atom is -0.303 e. The maximum absolute atomic E-state index is 2.57. The summed E-state index contributed by atoms with van der Waals surface area (Å²) in [6.45, 7) is 1.27. The second-order valence-electron chi connectivity index (χ2n) is 6.58. The molecule has 2 aromatic carbocycles. The molecule has 1 heterocycles. The van der Waals surface area contributed by atoms with Crippen molar-refractivity contribution in [3.8, 4) is 0 Å². The first-order chi connectivity index (χ1) is 10.8. The van der Waals surface area contributed by atoms with Gasteiger partial charge in [0.1, 0.15) is 0 Å². The highest BCUT2D eigenvalue weighted by atomic mass is 15.1. The van der Waals surface area contributed by atoms with Crippen molar-refractivity contribution in [1.29, 1.82) is 0 Å². The zero-order valence-electron chi connectivity index (χ0n) is 13.6. The van der Waals surface area contributed by atoms with Crippen LogP contribution in [-0.2, 0) is 0 Å². The van der Waals surface area contributed by atoms with E-state index in [1.54, 1.807) is 0 Å². The Morgan fingerprint density at radius 3 is 2.05 bits per heavy atom. The Morgan fingerprint density at radius 1 is 0.909 bits per heavy atom. The molecule has 3 rings (SSSR count). The molecule has 0 radical (unpaired) electrons. The maximum Gasteiger partial charge on any atom is 0.00925 e. The van der Waals surface area contributed by atoms with Gasteiger partial charge >= 0.3 is 0 Å². The SMILES string of the molecule is CN1CCCCC1CCC(c1ccccc1)c1ccccc1. The maximum atomic E-state index is 2.57. The van der Waals surface area contributed by atoms with Crippen molar-refractivity contribution >= 4 is 0 Å². The van der Waals surface area contributed by atoms with Crippen LogP contribution in [0.15, 0.2) is 60.7 Å². The largest absolute Gasteiger partial charge is 0.303 e. The van der Waals surface area contributed by atoms with Gasteiger partial charge in [-0.15, -0.1) is 0 Å². The van der Waals surface area contributed by atoms with Crippen molar-refractivity contribution in [3.63, 3.8) is 0 Å². The predicted octanol–water partition coefficient (Wildman–Crippen LogP) is 5.08. The topological polar surface area (TPSA) is 3.24 Å². The highest BCUT2D eigenvalue weighted by Gasteiger charge is 2.21. The Bertz CT molecular complexity index is 509. The minimum absolute atomic E-state index is 0.526. The number of rotatable bonds is 5. The summed E-state index contributed by atoms with van der Waals surface area (Å²) < 4.78 is 0. The number of likely N-dealkylation sites (tertiary alicyclic amines) is 1. The van der Waals surface area contributed by atoms with Gasteiger partial charge in [0.15, 0.2) is 0 Å². The molecule has 1 heteroatoms. The fourth-order valence-corrected chi connectivity index (χ4v) is 3.76. The zero-order chi connectivity index (χ0) is 15.2. The van der Waals surface area contributed by atoms with Gasteiger partial charge in [0.25, 0.3) is 0 Å². The van der Waals surface area contributed by atoms with E-state index >= 15 is 0 Å². The quantitative estimate of drug-likeness (QED) is 0.743. The molecule has 1 nitrogen and oxygen atoms in total. The number of hydrogen-bond acceptors (Lipinski definition) is 1. The van der Waals surface area contributed by atoms with Crippen LogP contribution in [-0.4, -0.2) is 24.5 Å². The van der Waals surface area contributed by atoms with Gasteiger partial charge in [0.05, 0.1) is 0 Å². The minimum atomic E-state index is 0.526. The summed E-state index contributed by atoms with van der Waals surface area (Å²) in [6.07, 6.45) is 6.67. The highest BCUT2D eigenvalue weighted by Crippen LogP contribution is 2.31. The second-order valence-corrected chi connectivity index (χ2v) is 6.58. The van der Waals surface area contributed by atoms with E-state index in [2.05, 4.69) is 72.6 Å². The third-order valence-corrected chi connectivity index (χ3v) is 5.11. The molecule has 0 saturated carbocycles. The summed E-state index contributed by atoms with van der Waals surface area (Å²) in [5, 5.41) is 0. The summed E-state index contributed by atoms with van der Waals surface area (Å²) in [5.41, 5.74) is 2.90. The second kappa shape index (κ2) is 7.60. The molecular formula is C21H27N. The molecule has 2 aromatic rings. The van der Waals surface area contributed by atoms with Crippen molar-refractivity contribution in [1.82, 2.24) is 4.90 Å². The molecule has 0 amide bonds. The molecule has 1 fully saturated rings. The molecule has 1 aliphatic rings. The molecule has 0 N–H and O–H groups in total. The smallest absolute Gasteiger partial charge is 0.00925 e. The molecule has 1 saturated heterocycles. The van der Waals surface area contributed by atoms with E-state index in [1.807, 2.05) is 0 Å². The van der Waals surface area contributed by atoms with Crippen LogP contribution in [0.25, 0.3) is 0 Å². The summed E-state index contributed by atoms with van der Waals surface area (Å²) in [5.74, 6) is 0.526. The molecule has 1 atom stereocenters. The Labute approximate surface area is 135 Å². The molecule has 116 valence electrons. The number of hydrogen-bond donors (Lipinski definition) is 0. The standard InChI is InChI=1S/C21H27N/c1-22-17-9-8-14-20(22)15-16-21(18-10-4-2-5-11-18)19-12-6-3-7-13-19/h2-7,10-13,20-21H,8-9,14-17H2,1H3. The lowest BCUT2D eigenvalue weighted by Crippen LogP contribution is -2.36. The van der Waals surface area contributed by atoms with Crippen molar-refractivity contribution in [2.75, 3.05) is 13.6 Å². The molecule has 22 heavy (non-hydrogen) atoms. The van der Waals surface area contributed by atoms with Gasteiger partial charge in [-0.1, -0.05) is 67.1 Å². The lowest BCUT2D eigenvalue weighted by molar-refractivity contribution is 0.172. The normalized spacial score (nSPS) is 19.5. The van der Waals surface area contributed by atoms with E-state index in [4.69, 9.17) is 0 Å². The van der Waals surface area contributed by atoms with Crippen LogP contribution in [0.4, 0.5) is 0 Å². The fraction of sp³-hybridized carbons (Fsp3) is 0.429. The third-order valence-electron chi connectivity index (χ3n) is 5.11. The van der Waals surface area contributed by atoms with E-state index in [0.29, 0.717) is 5.92 Å². The summed E-state index contributed by atoms with van der Waals surface area (Å²) in [7, 11) is 2.30. The Hall–Kier alpha value is -1.60. The molecule has 0 aromatic heterocycles. The van der Waals surface area contributed by atoms with E-state index in [1.165, 1.54) is 49.8 Å². The molecule has 1 unspecified atom stereocenters. The van der Waals surface area contributed by atoms with Gasteiger partial charge in [0, 0.05) is 12.0 Å². The fourth-order valence-electron chi connectivity index (χ4n) is 3.76. The van der Waals surface area contributed by atoms with Gasteiger partial charge in [-0.25, -0.2) is 0 Å². The van der Waals surface area contributed by atoms with Gasteiger partial charge in [-0.3, -0.25) is 0 Å². The van der Waals surface area contributed by atoms with Crippen molar-refractivity contribution in [3.05, 3.63) is 71.8 Å². The average molecular weight is 293 g/mol. The highest BCUT2D eigenvalue weighted by molar-refractivity contribution is 5.32. The first kappa shape index (κ1) is 15.3. The van der Waals surface area contributed by atoms with E-state index in [9.17, 15) is 0 Å². The number of benzene rings is 2. The molecular weight excluding hydrogens is 266 g/mol. The first-order valence-corrected chi connectivity index (χ1v) is 8.65. The molecule has 0 spiro atoms. The van der Waals surface area contributed by atoms with Gasteiger partial charge in [-0.05, 0) is 50.4 Å². The molecule has 0 bridgehead atoms. The van der Waals surface area contributed by atoms with Gasteiger partial charge < -0.3 is 4.90 Å².